The molecule has 3 N–H and O–H groups in total. The molecule has 5 nitrogen and oxygen atoms in total. The number of nitrogens with two attached hydrogens (primary N) is 1. The van der Waals surface area contributed by atoms with Gasteiger partial charge in [0.05, 0.1) is 5.69 Å². The molecular weight excluding hydrogens is 263 g/mol. The Morgan fingerprint density at radius 1 is 1.26 bits per heavy atom. The second-order valence-electron chi connectivity index (χ2n) is 3.56. The lowest BCUT2D eigenvalue weighted by Crippen LogP contribution is -2.13. The molecule has 0 saturated carbocycles. The van der Waals surface area contributed by atoms with Gasteiger partial charge >= 0.3 is 12.1 Å². The van der Waals surface area contributed by atoms with E-state index in [2.05, 4.69) is 5.10 Å². The van der Waals surface area contributed by atoms with Gasteiger partial charge in [0.15, 0.2) is 11.4 Å². The van der Waals surface area contributed by atoms with Gasteiger partial charge < -0.3 is 10.5 Å². The lowest BCUT2D eigenvalue weighted by molar-refractivity contribution is -0.140. The second kappa shape index (κ2) is 4.63. The van der Waals surface area contributed by atoms with Crippen LogP contribution in [0.2, 0.25) is 0 Å². The van der Waals surface area contributed by atoms with E-state index in [1.807, 2.05) is 0 Å². The van der Waals surface area contributed by atoms with Crippen LogP contribution in [0.3, 0.4) is 0 Å². The minimum atomic E-state index is -4.71. The summed E-state index contributed by atoms with van der Waals surface area (Å²) in [6, 6.07) is 7.87. The molecule has 8 heteroatoms. The Balaban J connectivity index is 2.24. The van der Waals surface area contributed by atoms with Crippen LogP contribution in [0.4, 0.5) is 18.9 Å². The maximum Gasteiger partial charge on any atom is 0.434 e. The summed E-state index contributed by atoms with van der Waals surface area (Å²) in [7, 11) is 0. The average Bonchev–Trinajstić information content (AvgIpc) is 2.72. The smallest absolute Gasteiger partial charge is 0.422 e. The van der Waals surface area contributed by atoms with Crippen LogP contribution in [-0.2, 0) is 6.18 Å². The molecule has 2 aromatic rings. The van der Waals surface area contributed by atoms with E-state index in [-0.39, 0.29) is 5.75 Å². The van der Waals surface area contributed by atoms with Crippen molar-refractivity contribution in [2.75, 3.05) is 5.73 Å². The molecule has 0 spiro atoms. The number of para-hydroxylation sites is 1. The van der Waals surface area contributed by atoms with Gasteiger partial charge in [0.2, 0.25) is 0 Å². The Morgan fingerprint density at radius 2 is 1.89 bits per heavy atom. The molecule has 1 heterocycles. The van der Waals surface area contributed by atoms with E-state index in [0.29, 0.717) is 0 Å². The molecule has 0 bridgehead atoms. The number of nitrogens with zero attached hydrogens (tertiary/aromatic N) is 1. The fourth-order valence-corrected chi connectivity index (χ4v) is 1.37. The van der Waals surface area contributed by atoms with Crippen LogP contribution < -0.4 is 10.5 Å². The van der Waals surface area contributed by atoms with Crippen LogP contribution in [0.25, 0.3) is 0 Å². The molecular formula is C11H8F3N3O2. The SMILES string of the molecule is Nc1c(C(=O)Oc2ccccc2)n[nH]c1C(F)(F)F. The van der Waals surface area contributed by atoms with Crippen molar-refractivity contribution in [2.24, 2.45) is 0 Å². The third-order valence-corrected chi connectivity index (χ3v) is 2.23. The number of anilines is 1. The Kier molecular flexibility index (Phi) is 3.16. The molecule has 0 unspecified atom stereocenters. The van der Waals surface area contributed by atoms with Gasteiger partial charge in [-0.25, -0.2) is 4.79 Å². The van der Waals surface area contributed by atoms with Crippen LogP contribution in [-0.4, -0.2) is 16.2 Å². The number of nitrogen functional groups attached to an aromatic ring is 1. The number of carbonyl (C=O) groups is 1. The summed E-state index contributed by atoms with van der Waals surface area (Å²) in [5.74, 6) is -0.876. The normalized spacial score (nSPS) is 11.3. The van der Waals surface area contributed by atoms with Crippen LogP contribution in [0, 0.1) is 0 Å². The number of aromatic amines is 1. The fourth-order valence-electron chi connectivity index (χ4n) is 1.37. The number of ether oxygens (including phenoxy) is 1. The standard InChI is InChI=1S/C11H8F3N3O2/c12-11(13,14)9-7(15)8(16-17-9)10(18)19-6-4-2-1-3-5-6/h1-5H,15H2,(H,16,17). The van der Waals surface area contributed by atoms with Crippen molar-refractivity contribution in [1.82, 2.24) is 10.2 Å². The Morgan fingerprint density at radius 3 is 2.42 bits per heavy atom. The van der Waals surface area contributed by atoms with E-state index < -0.39 is 29.2 Å². The summed E-state index contributed by atoms with van der Waals surface area (Å²) in [5.41, 5.74) is 2.57. The lowest BCUT2D eigenvalue weighted by atomic mass is 10.3. The minimum Gasteiger partial charge on any atom is -0.422 e. The van der Waals surface area contributed by atoms with Crippen molar-refractivity contribution in [3.8, 4) is 5.75 Å². The monoisotopic (exact) mass is 271 g/mol. The molecule has 0 atom stereocenters. The van der Waals surface area contributed by atoms with Gasteiger partial charge in [0.1, 0.15) is 5.75 Å². The molecule has 0 aliphatic rings. The van der Waals surface area contributed by atoms with Gasteiger partial charge in [-0.2, -0.15) is 18.3 Å². The summed E-state index contributed by atoms with van der Waals surface area (Å²) in [4.78, 5) is 11.6. The number of halogens is 3. The van der Waals surface area contributed by atoms with Crippen LogP contribution in [0.5, 0.6) is 5.75 Å². The summed E-state index contributed by atoms with van der Waals surface area (Å²) in [5, 5.41) is 4.91. The van der Waals surface area contributed by atoms with E-state index >= 15 is 0 Å². The quantitative estimate of drug-likeness (QED) is 0.648. The number of H-pyrrole nitrogens is 1. The van der Waals surface area contributed by atoms with Crippen molar-refractivity contribution in [2.45, 2.75) is 6.18 Å². The number of aromatic nitrogens is 2. The highest BCUT2D eigenvalue weighted by molar-refractivity contribution is 5.94. The first-order valence-electron chi connectivity index (χ1n) is 5.08. The average molecular weight is 271 g/mol. The molecule has 0 fully saturated rings. The van der Waals surface area contributed by atoms with Crippen molar-refractivity contribution in [3.63, 3.8) is 0 Å². The Hall–Kier alpha value is -2.51. The number of hydrogen-bond acceptors (Lipinski definition) is 4. The molecule has 0 radical (unpaired) electrons. The molecule has 0 amide bonds. The van der Waals surface area contributed by atoms with Gasteiger partial charge in [0.25, 0.3) is 0 Å². The maximum absolute atomic E-state index is 12.4. The highest BCUT2D eigenvalue weighted by Gasteiger charge is 2.38. The molecule has 19 heavy (non-hydrogen) atoms. The minimum absolute atomic E-state index is 0.184. The van der Waals surface area contributed by atoms with E-state index in [1.54, 1.807) is 23.3 Å². The summed E-state index contributed by atoms with van der Waals surface area (Å²) in [6.45, 7) is 0. The zero-order valence-corrected chi connectivity index (χ0v) is 9.36. The Bertz CT molecular complexity index is 593. The van der Waals surface area contributed by atoms with Gasteiger partial charge in [-0.05, 0) is 12.1 Å². The largest absolute Gasteiger partial charge is 0.434 e. The van der Waals surface area contributed by atoms with Gasteiger partial charge in [-0.3, -0.25) is 5.10 Å². The molecule has 1 aromatic carbocycles. The van der Waals surface area contributed by atoms with Crippen LogP contribution >= 0.6 is 0 Å². The number of hydrogen-bond donors (Lipinski definition) is 2. The van der Waals surface area contributed by atoms with Crippen LogP contribution in [0.15, 0.2) is 30.3 Å². The predicted octanol–water partition coefficient (Wildman–Crippen LogP) is 2.23. The first kappa shape index (κ1) is 12.9. The highest BCUT2D eigenvalue weighted by atomic mass is 19.4. The first-order valence-corrected chi connectivity index (χ1v) is 5.08. The molecule has 1 aromatic heterocycles. The molecule has 100 valence electrons. The van der Waals surface area contributed by atoms with Crippen molar-refractivity contribution in [1.29, 1.82) is 0 Å². The number of carbonyl (C=O) groups excluding carboxylic acids is 1. The predicted molar refractivity (Wildman–Crippen MR) is 59.4 cm³/mol. The van der Waals surface area contributed by atoms with Crippen LogP contribution in [0.1, 0.15) is 16.2 Å². The number of alkyl halides is 3. The second-order valence-corrected chi connectivity index (χ2v) is 3.56. The molecule has 0 saturated heterocycles. The zero-order chi connectivity index (χ0) is 14.0. The van der Waals surface area contributed by atoms with Crippen molar-refractivity contribution in [3.05, 3.63) is 41.7 Å². The molecule has 2 rings (SSSR count). The van der Waals surface area contributed by atoms with Gasteiger partial charge in [-0.1, -0.05) is 18.2 Å². The molecule has 0 aliphatic carbocycles. The number of nitrogens with one attached hydrogen (secondary N) is 1. The third kappa shape index (κ3) is 2.67. The first-order chi connectivity index (χ1) is 8.89. The van der Waals surface area contributed by atoms with Gasteiger partial charge in [0, 0.05) is 0 Å². The van der Waals surface area contributed by atoms with E-state index in [1.165, 1.54) is 12.1 Å². The number of esters is 1. The van der Waals surface area contributed by atoms with Gasteiger partial charge in [-0.15, -0.1) is 0 Å². The van der Waals surface area contributed by atoms with E-state index in [4.69, 9.17) is 10.5 Å². The molecule has 0 aliphatic heterocycles. The maximum atomic E-state index is 12.4. The summed E-state index contributed by atoms with van der Waals surface area (Å²) >= 11 is 0. The summed E-state index contributed by atoms with van der Waals surface area (Å²) in [6.07, 6.45) is -4.71. The van der Waals surface area contributed by atoms with E-state index in [9.17, 15) is 18.0 Å². The zero-order valence-electron chi connectivity index (χ0n) is 9.36. The van der Waals surface area contributed by atoms with Crippen molar-refractivity contribution >= 4 is 11.7 Å². The number of benzene rings is 1. The third-order valence-electron chi connectivity index (χ3n) is 2.23. The van der Waals surface area contributed by atoms with Crippen molar-refractivity contribution < 1.29 is 22.7 Å². The lowest BCUT2D eigenvalue weighted by Gasteiger charge is -2.04. The summed E-state index contributed by atoms with van der Waals surface area (Å²) < 4.78 is 42.2. The number of rotatable bonds is 2. The Labute approximate surface area is 105 Å². The highest BCUT2D eigenvalue weighted by Crippen LogP contribution is 2.33. The topological polar surface area (TPSA) is 81.0 Å². The fraction of sp³-hybridized carbons (Fsp3) is 0.0909. The van der Waals surface area contributed by atoms with E-state index in [0.717, 1.165) is 0 Å².